The summed E-state index contributed by atoms with van der Waals surface area (Å²) in [7, 11) is 2.04. The molecular formula is C13H18N2OS. The van der Waals surface area contributed by atoms with Crippen LogP contribution in [0.3, 0.4) is 0 Å². The molecule has 0 saturated carbocycles. The number of ether oxygens (including phenoxy) is 1. The standard InChI is InChI=1S/C13H18N2OS/c1-15(9-13(14)17)6-4-10-2-3-12-11(8-10)5-7-16-12/h2-3,8H,4-7,9H2,1H3,(H2,14,17). The molecule has 0 aliphatic carbocycles. The topological polar surface area (TPSA) is 38.5 Å². The van der Waals surface area contributed by atoms with Crippen LogP contribution in [-0.2, 0) is 12.8 Å². The Labute approximate surface area is 108 Å². The van der Waals surface area contributed by atoms with E-state index in [1.54, 1.807) is 0 Å². The van der Waals surface area contributed by atoms with E-state index in [9.17, 15) is 0 Å². The first-order valence-corrected chi connectivity index (χ1v) is 6.27. The minimum Gasteiger partial charge on any atom is -0.493 e. The lowest BCUT2D eigenvalue weighted by Gasteiger charge is -2.15. The number of nitrogens with two attached hydrogens (primary N) is 1. The average molecular weight is 250 g/mol. The van der Waals surface area contributed by atoms with Gasteiger partial charge in [0, 0.05) is 19.5 Å². The van der Waals surface area contributed by atoms with E-state index in [4.69, 9.17) is 22.7 Å². The molecule has 0 radical (unpaired) electrons. The van der Waals surface area contributed by atoms with Gasteiger partial charge in [0.2, 0.25) is 0 Å². The van der Waals surface area contributed by atoms with E-state index in [-0.39, 0.29) is 0 Å². The van der Waals surface area contributed by atoms with Crippen molar-refractivity contribution in [3.8, 4) is 5.75 Å². The smallest absolute Gasteiger partial charge is 0.122 e. The van der Waals surface area contributed by atoms with Gasteiger partial charge in [0.25, 0.3) is 0 Å². The molecule has 0 bridgehead atoms. The molecule has 0 unspecified atom stereocenters. The summed E-state index contributed by atoms with van der Waals surface area (Å²) in [6, 6.07) is 6.46. The van der Waals surface area contributed by atoms with E-state index >= 15 is 0 Å². The molecule has 4 heteroatoms. The Kier molecular flexibility index (Phi) is 3.97. The molecule has 0 amide bonds. The summed E-state index contributed by atoms with van der Waals surface area (Å²) in [5.41, 5.74) is 8.19. The zero-order chi connectivity index (χ0) is 12.3. The predicted octanol–water partition coefficient (Wildman–Crippen LogP) is 1.38. The predicted molar refractivity (Wildman–Crippen MR) is 73.6 cm³/mol. The van der Waals surface area contributed by atoms with Gasteiger partial charge in [-0.1, -0.05) is 24.4 Å². The van der Waals surface area contributed by atoms with E-state index in [1.165, 1.54) is 11.1 Å². The zero-order valence-corrected chi connectivity index (χ0v) is 10.9. The Morgan fingerprint density at radius 2 is 2.35 bits per heavy atom. The normalized spacial score (nSPS) is 13.5. The van der Waals surface area contributed by atoms with Gasteiger partial charge in [-0.2, -0.15) is 0 Å². The zero-order valence-electron chi connectivity index (χ0n) is 10.1. The Morgan fingerprint density at radius 1 is 1.53 bits per heavy atom. The van der Waals surface area contributed by atoms with Crippen LogP contribution in [0.1, 0.15) is 11.1 Å². The Bertz CT molecular complexity index is 420. The van der Waals surface area contributed by atoms with Crippen molar-refractivity contribution in [2.75, 3.05) is 26.7 Å². The molecule has 0 atom stereocenters. The van der Waals surface area contributed by atoms with Gasteiger partial charge in [0.05, 0.1) is 11.6 Å². The molecule has 3 nitrogen and oxygen atoms in total. The molecule has 0 fully saturated rings. The molecule has 2 N–H and O–H groups in total. The number of nitrogens with zero attached hydrogens (tertiary/aromatic N) is 1. The third-order valence-corrected chi connectivity index (χ3v) is 3.09. The molecule has 92 valence electrons. The van der Waals surface area contributed by atoms with E-state index < -0.39 is 0 Å². The fourth-order valence-electron chi connectivity index (χ4n) is 2.06. The monoisotopic (exact) mass is 250 g/mol. The summed E-state index contributed by atoms with van der Waals surface area (Å²) in [5.74, 6) is 1.05. The van der Waals surface area contributed by atoms with Crippen LogP contribution in [0.4, 0.5) is 0 Å². The van der Waals surface area contributed by atoms with E-state index in [0.29, 0.717) is 11.5 Å². The summed E-state index contributed by atoms with van der Waals surface area (Å²) in [5, 5.41) is 0. The summed E-state index contributed by atoms with van der Waals surface area (Å²) in [6.07, 6.45) is 2.05. The molecule has 1 aromatic carbocycles. The third kappa shape index (κ3) is 3.41. The van der Waals surface area contributed by atoms with Crippen molar-refractivity contribution < 1.29 is 4.74 Å². The lowest BCUT2D eigenvalue weighted by atomic mass is 10.1. The molecule has 1 heterocycles. The highest BCUT2D eigenvalue weighted by atomic mass is 32.1. The average Bonchev–Trinajstić information content (AvgIpc) is 2.72. The molecule has 1 aliphatic rings. The third-order valence-electron chi connectivity index (χ3n) is 2.96. The largest absolute Gasteiger partial charge is 0.493 e. The number of benzene rings is 1. The van der Waals surface area contributed by atoms with Gasteiger partial charge < -0.3 is 10.5 Å². The highest BCUT2D eigenvalue weighted by Crippen LogP contribution is 2.25. The Balaban J connectivity index is 1.89. The first-order valence-electron chi connectivity index (χ1n) is 5.86. The van der Waals surface area contributed by atoms with Gasteiger partial charge in [0.1, 0.15) is 5.75 Å². The minimum absolute atomic E-state index is 0.551. The molecule has 0 saturated heterocycles. The second-order valence-corrected chi connectivity index (χ2v) is 5.02. The Hall–Kier alpha value is -1.13. The van der Waals surface area contributed by atoms with Crippen LogP contribution < -0.4 is 10.5 Å². The summed E-state index contributed by atoms with van der Waals surface area (Å²) < 4.78 is 5.49. The van der Waals surface area contributed by atoms with Gasteiger partial charge in [-0.15, -0.1) is 0 Å². The quantitative estimate of drug-likeness (QED) is 0.801. The molecule has 1 aromatic rings. The fraction of sp³-hybridized carbons (Fsp3) is 0.462. The van der Waals surface area contributed by atoms with Crippen molar-refractivity contribution in [3.05, 3.63) is 29.3 Å². The number of fused-ring (bicyclic) bond motifs is 1. The maximum atomic E-state index is 5.51. The summed E-state index contributed by atoms with van der Waals surface area (Å²) in [4.78, 5) is 2.70. The minimum atomic E-state index is 0.551. The molecule has 0 spiro atoms. The van der Waals surface area contributed by atoms with Gasteiger partial charge in [0.15, 0.2) is 0 Å². The second-order valence-electron chi connectivity index (χ2n) is 4.49. The van der Waals surface area contributed by atoms with Crippen LogP contribution in [0, 0.1) is 0 Å². The van der Waals surface area contributed by atoms with Crippen LogP contribution in [0.25, 0.3) is 0 Å². The van der Waals surface area contributed by atoms with Gasteiger partial charge in [-0.3, -0.25) is 4.90 Å². The van der Waals surface area contributed by atoms with Gasteiger partial charge in [-0.25, -0.2) is 0 Å². The highest BCUT2D eigenvalue weighted by Gasteiger charge is 2.12. The lowest BCUT2D eigenvalue weighted by Crippen LogP contribution is -2.30. The van der Waals surface area contributed by atoms with Crippen LogP contribution in [0.2, 0.25) is 0 Å². The molecule has 2 rings (SSSR count). The maximum absolute atomic E-state index is 5.51. The van der Waals surface area contributed by atoms with Gasteiger partial charge in [-0.05, 0) is 30.7 Å². The Morgan fingerprint density at radius 3 is 3.12 bits per heavy atom. The molecule has 17 heavy (non-hydrogen) atoms. The van der Waals surface area contributed by atoms with Crippen LogP contribution in [0.15, 0.2) is 18.2 Å². The van der Waals surface area contributed by atoms with Crippen LogP contribution in [-0.4, -0.2) is 36.6 Å². The lowest BCUT2D eigenvalue weighted by molar-refractivity contribution is 0.356. The SMILES string of the molecule is CN(CCc1ccc2c(c1)CCO2)CC(N)=S. The molecule has 1 aliphatic heterocycles. The van der Waals surface area contributed by atoms with Crippen molar-refractivity contribution in [3.63, 3.8) is 0 Å². The number of hydrogen-bond donors (Lipinski definition) is 1. The number of rotatable bonds is 5. The number of hydrogen-bond acceptors (Lipinski definition) is 3. The molecule has 0 aromatic heterocycles. The summed E-state index contributed by atoms with van der Waals surface area (Å²) >= 11 is 4.89. The number of likely N-dealkylation sites (N-methyl/N-ethyl adjacent to an activating group) is 1. The van der Waals surface area contributed by atoms with Crippen molar-refractivity contribution in [1.29, 1.82) is 0 Å². The van der Waals surface area contributed by atoms with Crippen LogP contribution >= 0.6 is 12.2 Å². The van der Waals surface area contributed by atoms with E-state index in [1.807, 2.05) is 7.05 Å². The highest BCUT2D eigenvalue weighted by molar-refractivity contribution is 7.80. The van der Waals surface area contributed by atoms with Crippen molar-refractivity contribution >= 4 is 17.2 Å². The van der Waals surface area contributed by atoms with E-state index in [0.717, 1.165) is 31.7 Å². The number of thiocarbonyl (C=S) groups is 1. The first-order chi connectivity index (χ1) is 8.15. The summed E-state index contributed by atoms with van der Waals surface area (Å²) in [6.45, 7) is 2.47. The van der Waals surface area contributed by atoms with Crippen molar-refractivity contribution in [2.24, 2.45) is 5.73 Å². The van der Waals surface area contributed by atoms with Crippen LogP contribution in [0.5, 0.6) is 5.75 Å². The van der Waals surface area contributed by atoms with E-state index in [2.05, 4.69) is 23.1 Å². The van der Waals surface area contributed by atoms with Gasteiger partial charge >= 0.3 is 0 Å². The first kappa shape index (κ1) is 12.3. The van der Waals surface area contributed by atoms with Crippen molar-refractivity contribution in [2.45, 2.75) is 12.8 Å². The second kappa shape index (κ2) is 5.47. The molecular weight excluding hydrogens is 232 g/mol. The fourth-order valence-corrected chi connectivity index (χ4v) is 2.28. The maximum Gasteiger partial charge on any atom is 0.122 e. The van der Waals surface area contributed by atoms with Crippen molar-refractivity contribution in [1.82, 2.24) is 4.90 Å².